The van der Waals surface area contributed by atoms with Crippen LogP contribution in [0.1, 0.15) is 51.0 Å². The predicted molar refractivity (Wildman–Crippen MR) is 101 cm³/mol. The lowest BCUT2D eigenvalue weighted by molar-refractivity contribution is -0.126. The second-order valence-electron chi connectivity index (χ2n) is 6.77. The molecule has 1 N–H and O–H groups in total. The molecule has 0 aromatic heterocycles. The topological polar surface area (TPSA) is 66.5 Å². The molecule has 1 fully saturated rings. The summed E-state index contributed by atoms with van der Waals surface area (Å²) in [7, 11) is -3.23. The van der Waals surface area contributed by atoms with E-state index in [4.69, 9.17) is 0 Å². The molecule has 2 atom stereocenters. The highest BCUT2D eigenvalue weighted by Gasteiger charge is 2.31. The number of benzene rings is 1. The maximum absolute atomic E-state index is 12.5. The molecule has 0 aliphatic carbocycles. The van der Waals surface area contributed by atoms with Gasteiger partial charge in [0, 0.05) is 25.6 Å². The Kier molecular flexibility index (Phi) is 7.44. The smallest absolute Gasteiger partial charge is 0.224 e. The van der Waals surface area contributed by atoms with Crippen LogP contribution in [0.4, 0.5) is 0 Å². The van der Waals surface area contributed by atoms with E-state index in [-0.39, 0.29) is 23.5 Å². The molecular formula is C19H30N2O3S. The van der Waals surface area contributed by atoms with Crippen LogP contribution in [0.15, 0.2) is 30.3 Å². The van der Waals surface area contributed by atoms with Crippen molar-refractivity contribution < 1.29 is 13.2 Å². The molecular weight excluding hydrogens is 336 g/mol. The van der Waals surface area contributed by atoms with Gasteiger partial charge in [0.15, 0.2) is 0 Å². The first-order valence-corrected chi connectivity index (χ1v) is 10.9. The van der Waals surface area contributed by atoms with Crippen molar-refractivity contribution in [3.05, 3.63) is 35.9 Å². The molecule has 1 heterocycles. The number of piperidine rings is 1. The Labute approximate surface area is 151 Å². The Morgan fingerprint density at radius 3 is 2.64 bits per heavy atom. The highest BCUT2D eigenvalue weighted by atomic mass is 32.2. The highest BCUT2D eigenvalue weighted by Crippen LogP contribution is 2.21. The number of nitrogens with zero attached hydrogens (tertiary/aromatic N) is 1. The largest absolute Gasteiger partial charge is 0.355 e. The monoisotopic (exact) mass is 366 g/mol. The number of nitrogens with one attached hydrogen (secondary N) is 1. The molecule has 0 unspecified atom stereocenters. The summed E-state index contributed by atoms with van der Waals surface area (Å²) >= 11 is 0. The van der Waals surface area contributed by atoms with Crippen LogP contribution in [0.2, 0.25) is 0 Å². The lowest BCUT2D eigenvalue weighted by Gasteiger charge is -2.31. The summed E-state index contributed by atoms with van der Waals surface area (Å²) in [5, 5.41) is 3.05. The number of carbonyl (C=O) groups excluding carboxylic acids is 1. The summed E-state index contributed by atoms with van der Waals surface area (Å²) in [6.07, 6.45) is 3.06. The van der Waals surface area contributed by atoms with E-state index < -0.39 is 10.0 Å². The van der Waals surface area contributed by atoms with Crippen LogP contribution in [-0.2, 0) is 14.8 Å². The molecule has 2 rings (SSSR count). The molecule has 0 radical (unpaired) electrons. The summed E-state index contributed by atoms with van der Waals surface area (Å²) in [5.41, 5.74) is 1.22. The van der Waals surface area contributed by atoms with Crippen molar-refractivity contribution in [2.75, 3.05) is 25.4 Å². The molecule has 6 heteroatoms. The van der Waals surface area contributed by atoms with Crippen molar-refractivity contribution in [3.63, 3.8) is 0 Å². The molecule has 0 bridgehead atoms. The van der Waals surface area contributed by atoms with Crippen LogP contribution in [0, 0.1) is 5.92 Å². The Balaban J connectivity index is 1.92. The quantitative estimate of drug-likeness (QED) is 0.769. The fourth-order valence-corrected chi connectivity index (χ4v) is 4.98. The Bertz CT molecular complexity index is 646. The summed E-state index contributed by atoms with van der Waals surface area (Å²) in [4.78, 5) is 12.5. The van der Waals surface area contributed by atoms with Crippen molar-refractivity contribution in [2.45, 2.75) is 45.4 Å². The van der Waals surface area contributed by atoms with Gasteiger partial charge in [0.1, 0.15) is 0 Å². The van der Waals surface area contributed by atoms with Gasteiger partial charge in [-0.3, -0.25) is 4.79 Å². The highest BCUT2D eigenvalue weighted by molar-refractivity contribution is 7.89. The third-order valence-electron chi connectivity index (χ3n) is 4.90. The van der Waals surface area contributed by atoms with Gasteiger partial charge < -0.3 is 5.32 Å². The van der Waals surface area contributed by atoms with Gasteiger partial charge in [0.25, 0.3) is 0 Å². The van der Waals surface area contributed by atoms with Crippen molar-refractivity contribution in [3.8, 4) is 0 Å². The maximum Gasteiger partial charge on any atom is 0.224 e. The van der Waals surface area contributed by atoms with Crippen molar-refractivity contribution in [2.24, 2.45) is 5.92 Å². The summed E-state index contributed by atoms with van der Waals surface area (Å²) in [5.74, 6) is 0.181. The van der Waals surface area contributed by atoms with Gasteiger partial charge in [-0.05, 0) is 31.2 Å². The van der Waals surface area contributed by atoms with E-state index in [1.807, 2.05) is 25.1 Å². The van der Waals surface area contributed by atoms with E-state index in [1.54, 1.807) is 0 Å². The molecule has 1 aromatic carbocycles. The van der Waals surface area contributed by atoms with E-state index in [1.165, 1.54) is 9.87 Å². The van der Waals surface area contributed by atoms with Gasteiger partial charge in [-0.2, -0.15) is 0 Å². The zero-order valence-corrected chi connectivity index (χ0v) is 16.1. The lowest BCUT2D eigenvalue weighted by Crippen LogP contribution is -2.46. The molecule has 0 saturated carbocycles. The van der Waals surface area contributed by atoms with Crippen LogP contribution >= 0.6 is 0 Å². The van der Waals surface area contributed by atoms with Crippen molar-refractivity contribution >= 4 is 15.9 Å². The Morgan fingerprint density at radius 1 is 1.28 bits per heavy atom. The number of carbonyl (C=O) groups is 1. The van der Waals surface area contributed by atoms with Crippen LogP contribution < -0.4 is 5.32 Å². The van der Waals surface area contributed by atoms with Crippen LogP contribution in [0.3, 0.4) is 0 Å². The number of hydrogen-bond donors (Lipinski definition) is 1. The molecule has 1 aliphatic heterocycles. The van der Waals surface area contributed by atoms with Gasteiger partial charge in [-0.15, -0.1) is 0 Å². The fraction of sp³-hybridized carbons (Fsp3) is 0.632. The number of amides is 1. The Morgan fingerprint density at radius 2 is 2.00 bits per heavy atom. The molecule has 1 saturated heterocycles. The van der Waals surface area contributed by atoms with E-state index in [0.29, 0.717) is 26.1 Å². The number of rotatable bonds is 8. The van der Waals surface area contributed by atoms with Gasteiger partial charge in [0.05, 0.1) is 11.7 Å². The SMILES string of the molecule is CCCS(=O)(=O)N1CCC[C@H](C(=O)NC[C@H](CC)c2ccccc2)C1. The maximum atomic E-state index is 12.5. The second kappa shape index (κ2) is 9.34. The van der Waals surface area contributed by atoms with E-state index in [2.05, 4.69) is 24.4 Å². The second-order valence-corrected chi connectivity index (χ2v) is 8.86. The Hall–Kier alpha value is -1.40. The first-order chi connectivity index (χ1) is 12.0. The zero-order chi connectivity index (χ0) is 18.3. The van der Waals surface area contributed by atoms with Crippen LogP contribution in [-0.4, -0.2) is 44.0 Å². The van der Waals surface area contributed by atoms with Gasteiger partial charge in [0.2, 0.25) is 15.9 Å². The third-order valence-corrected chi connectivity index (χ3v) is 6.94. The van der Waals surface area contributed by atoms with Crippen LogP contribution in [0.25, 0.3) is 0 Å². The average molecular weight is 367 g/mol. The van der Waals surface area contributed by atoms with E-state index in [9.17, 15) is 13.2 Å². The number of sulfonamides is 1. The van der Waals surface area contributed by atoms with Crippen LogP contribution in [0.5, 0.6) is 0 Å². The van der Waals surface area contributed by atoms with E-state index in [0.717, 1.165) is 19.3 Å². The molecule has 1 amide bonds. The first-order valence-electron chi connectivity index (χ1n) is 9.28. The molecule has 5 nitrogen and oxygen atoms in total. The van der Waals surface area contributed by atoms with Gasteiger partial charge >= 0.3 is 0 Å². The first kappa shape index (κ1) is 19.9. The third kappa shape index (κ3) is 5.54. The van der Waals surface area contributed by atoms with Gasteiger partial charge in [-0.1, -0.05) is 44.2 Å². The van der Waals surface area contributed by atoms with E-state index >= 15 is 0 Å². The minimum absolute atomic E-state index is 0.0224. The minimum atomic E-state index is -3.23. The van der Waals surface area contributed by atoms with Crippen molar-refractivity contribution in [1.29, 1.82) is 0 Å². The lowest BCUT2D eigenvalue weighted by atomic mass is 9.95. The number of hydrogen-bond acceptors (Lipinski definition) is 3. The summed E-state index contributed by atoms with van der Waals surface area (Å²) in [6.45, 7) is 5.42. The fourth-order valence-electron chi connectivity index (χ4n) is 3.39. The van der Waals surface area contributed by atoms with Gasteiger partial charge in [-0.25, -0.2) is 12.7 Å². The standard InChI is InChI=1S/C19H30N2O3S/c1-3-13-25(23,24)21-12-8-11-18(15-21)19(22)20-14-16(4-2)17-9-6-5-7-10-17/h5-7,9-10,16,18H,3-4,8,11-15H2,1-2H3,(H,20,22)/t16-,18-/m0/s1. The molecule has 140 valence electrons. The average Bonchev–Trinajstić information content (AvgIpc) is 2.63. The predicted octanol–water partition coefficient (Wildman–Crippen LogP) is 2.75. The molecule has 0 spiro atoms. The normalized spacial score (nSPS) is 20.2. The summed E-state index contributed by atoms with van der Waals surface area (Å²) < 4.78 is 26.0. The van der Waals surface area contributed by atoms with Crippen molar-refractivity contribution in [1.82, 2.24) is 9.62 Å². The molecule has 1 aromatic rings. The minimum Gasteiger partial charge on any atom is -0.355 e. The molecule has 1 aliphatic rings. The molecule has 25 heavy (non-hydrogen) atoms. The summed E-state index contributed by atoms with van der Waals surface area (Å²) in [6, 6.07) is 10.2. The zero-order valence-electron chi connectivity index (χ0n) is 15.3.